The summed E-state index contributed by atoms with van der Waals surface area (Å²) in [4.78, 5) is 58.6. The standard InChI is InChI=1S/C35H46BrN3O7/c1-4-6-17-27(41)37-20-22(3)45-34(44)28-29-32(42)39(26(21-40)23-13-9-7-10-14-23)31(35(29)19-25(36)30(28)46-35)33(43)38(18-5-2)24-15-11-8-12-16-24/h4-5,7,9-10,13-14,22,24-26,28-31,40H,1-2,6,8,11-12,15-21H2,3H3,(H,37,41)/t22-,25?,26-,28+,29-,30+,31+,35-/m1/s1. The second-order valence-electron chi connectivity index (χ2n) is 13.0. The van der Waals surface area contributed by atoms with Gasteiger partial charge in [0.05, 0.1) is 37.1 Å². The van der Waals surface area contributed by atoms with Crippen molar-refractivity contribution in [2.24, 2.45) is 11.8 Å². The normalized spacial score (nSPS) is 29.9. The lowest BCUT2D eigenvalue weighted by Crippen LogP contribution is -2.59. The molecule has 8 atom stereocenters. The van der Waals surface area contributed by atoms with Gasteiger partial charge in [-0.1, -0.05) is 77.7 Å². The molecule has 0 radical (unpaired) electrons. The van der Waals surface area contributed by atoms with Crippen molar-refractivity contribution in [3.05, 3.63) is 61.2 Å². The van der Waals surface area contributed by atoms with E-state index in [0.717, 1.165) is 32.1 Å². The minimum atomic E-state index is -1.30. The summed E-state index contributed by atoms with van der Waals surface area (Å²) in [5.41, 5.74) is -0.611. The van der Waals surface area contributed by atoms with Crippen LogP contribution >= 0.6 is 15.9 Å². The quantitative estimate of drug-likeness (QED) is 0.172. The maximum absolute atomic E-state index is 14.9. The Morgan fingerprint density at radius 3 is 2.57 bits per heavy atom. The average Bonchev–Trinajstić information content (AvgIpc) is 3.66. The molecule has 2 N–H and O–H groups in total. The number of likely N-dealkylation sites (tertiary alicyclic amines) is 1. The number of ether oxygens (including phenoxy) is 2. The zero-order chi connectivity index (χ0) is 33.0. The maximum Gasteiger partial charge on any atom is 0.312 e. The van der Waals surface area contributed by atoms with Crippen molar-refractivity contribution in [1.29, 1.82) is 0 Å². The molecule has 10 nitrogen and oxygen atoms in total. The minimum Gasteiger partial charge on any atom is -0.460 e. The first-order valence-corrected chi connectivity index (χ1v) is 17.4. The van der Waals surface area contributed by atoms with Crippen LogP contribution in [0, 0.1) is 11.8 Å². The van der Waals surface area contributed by atoms with Crippen LogP contribution in [0.3, 0.4) is 0 Å². The van der Waals surface area contributed by atoms with Gasteiger partial charge in [0.15, 0.2) is 0 Å². The lowest BCUT2D eigenvalue weighted by Gasteiger charge is -2.42. The fourth-order valence-corrected chi connectivity index (χ4v) is 8.93. The summed E-state index contributed by atoms with van der Waals surface area (Å²) in [7, 11) is 0. The van der Waals surface area contributed by atoms with Crippen LogP contribution in [-0.2, 0) is 28.7 Å². The van der Waals surface area contributed by atoms with E-state index in [0.29, 0.717) is 24.9 Å². The number of carbonyl (C=O) groups excluding carboxylic acids is 4. The number of nitrogens with zero attached hydrogens (tertiary/aromatic N) is 2. The van der Waals surface area contributed by atoms with E-state index in [9.17, 15) is 24.3 Å². The minimum absolute atomic E-state index is 0.00220. The molecule has 1 aliphatic carbocycles. The zero-order valence-electron chi connectivity index (χ0n) is 26.5. The Morgan fingerprint density at radius 1 is 1.20 bits per heavy atom. The van der Waals surface area contributed by atoms with Crippen LogP contribution in [0.2, 0.25) is 0 Å². The van der Waals surface area contributed by atoms with Crippen LogP contribution < -0.4 is 5.32 Å². The van der Waals surface area contributed by atoms with Gasteiger partial charge < -0.3 is 29.7 Å². The second kappa shape index (κ2) is 14.8. The first-order valence-electron chi connectivity index (χ1n) is 16.5. The van der Waals surface area contributed by atoms with Crippen LogP contribution in [0.25, 0.3) is 0 Å². The molecule has 3 saturated heterocycles. The number of hydrogen-bond acceptors (Lipinski definition) is 7. The Bertz CT molecular complexity index is 1300. The number of benzene rings is 1. The summed E-state index contributed by atoms with van der Waals surface area (Å²) in [6.45, 7) is 9.26. The van der Waals surface area contributed by atoms with E-state index in [1.165, 1.54) is 4.90 Å². The molecule has 3 heterocycles. The number of alkyl halides is 1. The van der Waals surface area contributed by atoms with Crippen LogP contribution in [0.15, 0.2) is 55.6 Å². The number of fused-ring (bicyclic) bond motifs is 1. The van der Waals surface area contributed by atoms with E-state index in [4.69, 9.17) is 9.47 Å². The second-order valence-corrected chi connectivity index (χ2v) is 14.1. The number of carbonyl (C=O) groups is 4. The van der Waals surface area contributed by atoms with Gasteiger partial charge in [-0.2, -0.15) is 0 Å². The number of rotatable bonds is 14. The van der Waals surface area contributed by atoms with Gasteiger partial charge in [0, 0.05) is 23.8 Å². The van der Waals surface area contributed by atoms with E-state index < -0.39 is 60.2 Å². The Hall–Kier alpha value is -3.02. The third-order valence-electron chi connectivity index (χ3n) is 10.0. The molecule has 3 amide bonds. The van der Waals surface area contributed by atoms with Crippen LogP contribution in [0.1, 0.15) is 69.9 Å². The van der Waals surface area contributed by atoms with E-state index in [1.807, 2.05) is 35.2 Å². The van der Waals surface area contributed by atoms with Crippen molar-refractivity contribution in [3.63, 3.8) is 0 Å². The first kappa shape index (κ1) is 34.3. The third-order valence-corrected chi connectivity index (χ3v) is 10.9. The summed E-state index contributed by atoms with van der Waals surface area (Å²) >= 11 is 3.72. The number of aliphatic hydroxyl groups excluding tert-OH is 1. The highest BCUT2D eigenvalue weighted by atomic mass is 79.9. The molecule has 5 rings (SSSR count). The lowest BCUT2D eigenvalue weighted by atomic mass is 9.70. The summed E-state index contributed by atoms with van der Waals surface area (Å²) in [6.07, 6.45) is 8.07. The Labute approximate surface area is 279 Å². The molecular formula is C35H46BrN3O7. The zero-order valence-corrected chi connectivity index (χ0v) is 28.1. The summed E-state index contributed by atoms with van der Waals surface area (Å²) in [5, 5.41) is 13.5. The van der Waals surface area contributed by atoms with Gasteiger partial charge >= 0.3 is 5.97 Å². The lowest BCUT2D eigenvalue weighted by molar-refractivity contribution is -0.160. The highest BCUT2D eigenvalue weighted by molar-refractivity contribution is 9.09. The number of esters is 1. The van der Waals surface area contributed by atoms with Crippen molar-refractivity contribution >= 4 is 39.6 Å². The molecule has 1 saturated carbocycles. The smallest absolute Gasteiger partial charge is 0.312 e. The van der Waals surface area contributed by atoms with Crippen molar-refractivity contribution in [3.8, 4) is 0 Å². The fraction of sp³-hybridized carbons (Fsp3) is 0.600. The molecular weight excluding hydrogens is 654 g/mol. The van der Waals surface area contributed by atoms with Crippen molar-refractivity contribution in [2.45, 2.75) is 99.1 Å². The number of nitrogens with one attached hydrogen (secondary N) is 1. The van der Waals surface area contributed by atoms with E-state index in [-0.39, 0.29) is 35.6 Å². The predicted molar refractivity (Wildman–Crippen MR) is 176 cm³/mol. The van der Waals surface area contributed by atoms with Crippen molar-refractivity contribution < 1.29 is 33.8 Å². The molecule has 0 aromatic heterocycles. The van der Waals surface area contributed by atoms with Gasteiger partial charge in [-0.05, 0) is 38.2 Å². The van der Waals surface area contributed by atoms with Crippen LogP contribution in [-0.4, -0.2) is 93.0 Å². The monoisotopic (exact) mass is 699 g/mol. The molecule has 1 aromatic carbocycles. The first-order chi connectivity index (χ1) is 22.2. The summed E-state index contributed by atoms with van der Waals surface area (Å²) in [6, 6.07) is 7.27. The molecule has 3 aliphatic heterocycles. The topological polar surface area (TPSA) is 125 Å². The van der Waals surface area contributed by atoms with E-state index in [2.05, 4.69) is 34.4 Å². The largest absolute Gasteiger partial charge is 0.460 e. The molecule has 46 heavy (non-hydrogen) atoms. The molecule has 4 aliphatic rings. The molecule has 250 valence electrons. The van der Waals surface area contributed by atoms with Gasteiger partial charge in [0.1, 0.15) is 17.7 Å². The fourth-order valence-electron chi connectivity index (χ4n) is 7.99. The number of aliphatic hydroxyl groups is 1. The number of hydrogen-bond donors (Lipinski definition) is 2. The van der Waals surface area contributed by atoms with Gasteiger partial charge in [-0.25, -0.2) is 0 Å². The third kappa shape index (κ3) is 6.42. The summed E-state index contributed by atoms with van der Waals surface area (Å²) < 4.78 is 12.5. The molecule has 1 unspecified atom stereocenters. The van der Waals surface area contributed by atoms with Gasteiger partial charge in [0.25, 0.3) is 0 Å². The average molecular weight is 701 g/mol. The van der Waals surface area contributed by atoms with Crippen molar-refractivity contribution in [1.82, 2.24) is 15.1 Å². The highest BCUT2D eigenvalue weighted by Crippen LogP contribution is 2.61. The molecule has 2 bridgehead atoms. The Morgan fingerprint density at radius 2 is 1.91 bits per heavy atom. The van der Waals surface area contributed by atoms with Gasteiger partial charge in [-0.15, -0.1) is 13.2 Å². The predicted octanol–water partition coefficient (Wildman–Crippen LogP) is 3.83. The van der Waals surface area contributed by atoms with E-state index in [1.54, 1.807) is 19.1 Å². The highest BCUT2D eigenvalue weighted by Gasteiger charge is 2.77. The van der Waals surface area contributed by atoms with Gasteiger partial charge in [-0.3, -0.25) is 19.2 Å². The van der Waals surface area contributed by atoms with Crippen LogP contribution in [0.4, 0.5) is 0 Å². The maximum atomic E-state index is 14.9. The number of halogens is 1. The Kier molecular flexibility index (Phi) is 11.1. The molecule has 1 aromatic rings. The van der Waals surface area contributed by atoms with E-state index >= 15 is 0 Å². The van der Waals surface area contributed by atoms with Crippen LogP contribution in [0.5, 0.6) is 0 Å². The Balaban J connectivity index is 1.49. The molecule has 1 spiro atoms. The number of allylic oxidation sites excluding steroid dienone is 1. The SMILES string of the molecule is C=CCCC(=O)NC[C@@H](C)OC(=O)[C@@H]1[C@H]2O[C@@]3(CC2Br)[C@H](C(=O)N(CC=C)C2CCCCC2)N([C@H](CO)c2ccccc2)C(=O)[C@@H]13. The number of amides is 3. The molecule has 4 fully saturated rings. The van der Waals surface area contributed by atoms with Gasteiger partial charge in [0.2, 0.25) is 17.7 Å². The molecule has 11 heteroatoms. The summed E-state index contributed by atoms with van der Waals surface area (Å²) in [5.74, 6) is -3.38. The van der Waals surface area contributed by atoms with Crippen molar-refractivity contribution in [2.75, 3.05) is 19.7 Å².